The van der Waals surface area contributed by atoms with Crippen LogP contribution < -0.4 is 15.4 Å². The first-order chi connectivity index (χ1) is 18.8. The summed E-state index contributed by atoms with van der Waals surface area (Å²) in [7, 11) is 0. The third kappa shape index (κ3) is 7.90. The van der Waals surface area contributed by atoms with Crippen molar-refractivity contribution in [3.05, 3.63) is 42.3 Å². The van der Waals surface area contributed by atoms with E-state index in [1.54, 1.807) is 17.1 Å². The van der Waals surface area contributed by atoms with Crippen molar-refractivity contribution in [3.63, 3.8) is 0 Å². The number of carboxylic acids is 1. The average Bonchev–Trinajstić information content (AvgIpc) is 3.23. The van der Waals surface area contributed by atoms with Gasteiger partial charge in [-0.3, -0.25) is 9.48 Å². The molecule has 2 aromatic heterocycles. The molecule has 1 aliphatic heterocycles. The van der Waals surface area contributed by atoms with Gasteiger partial charge in [0.15, 0.2) is 0 Å². The van der Waals surface area contributed by atoms with Gasteiger partial charge in [-0.05, 0) is 42.9 Å². The van der Waals surface area contributed by atoms with Crippen LogP contribution in [0.15, 0.2) is 35.3 Å². The number of hydrogen-bond donors (Lipinski definition) is 3. The highest BCUT2D eigenvalue weighted by Crippen LogP contribution is 2.45. The molecule has 0 unspecified atom stereocenters. The molecule has 2 fully saturated rings. The lowest BCUT2D eigenvalue weighted by molar-refractivity contribution is -0.274. The predicted molar refractivity (Wildman–Crippen MR) is 120 cm³/mol. The van der Waals surface area contributed by atoms with Crippen molar-refractivity contribution < 1.29 is 50.2 Å². The van der Waals surface area contributed by atoms with Gasteiger partial charge in [-0.1, -0.05) is 6.07 Å². The Labute approximate surface area is 220 Å². The number of benzene rings is 1. The van der Waals surface area contributed by atoms with Crippen molar-refractivity contribution in [1.82, 2.24) is 35.6 Å². The van der Waals surface area contributed by atoms with Crippen molar-refractivity contribution in [2.75, 3.05) is 6.54 Å². The smallest absolute Gasteiger partial charge is 0.475 e. The highest BCUT2D eigenvalue weighted by Gasteiger charge is 2.38. The molecule has 1 saturated carbocycles. The molecule has 1 aliphatic carbocycles. The number of carbonyl (C=O) groups excluding carboxylic acids is 1. The number of nitrogens with zero attached hydrogens (tertiary/aromatic N) is 5. The standard InChI is InChI=1S/C20H20F3N7O3.C2HF3O2/c21-20(22,23)33-14-3-4-15(11-1-2-11)16(6-14)18-28-29-19(32-18)17(31)27-12-5-13(25-7-12)8-30-10-24-9-26-30;3-2(4,5)1(6)7/h3-4,6,9-13,25H,1-2,5,7-8H2,(H,27,31);(H,6,7)/t12-,13+;/m1./s1. The first kappa shape index (κ1) is 28.8. The largest absolute Gasteiger partial charge is 0.573 e. The molecule has 3 aromatic rings. The zero-order valence-electron chi connectivity index (χ0n) is 20.2. The monoisotopic (exact) mass is 577 g/mol. The first-order valence-corrected chi connectivity index (χ1v) is 11.7. The summed E-state index contributed by atoms with van der Waals surface area (Å²) < 4.78 is 80.9. The lowest BCUT2D eigenvalue weighted by atomic mass is 10.0. The summed E-state index contributed by atoms with van der Waals surface area (Å²) in [6, 6.07) is 4.01. The Morgan fingerprint density at radius 3 is 2.50 bits per heavy atom. The zero-order chi connectivity index (χ0) is 29.1. The predicted octanol–water partition coefficient (Wildman–Crippen LogP) is 2.90. The van der Waals surface area contributed by atoms with Crippen molar-refractivity contribution >= 4 is 11.9 Å². The Balaban J connectivity index is 0.000000470. The van der Waals surface area contributed by atoms with E-state index in [0.29, 0.717) is 25.1 Å². The molecule has 0 radical (unpaired) electrons. The fourth-order valence-electron chi connectivity index (χ4n) is 3.96. The minimum Gasteiger partial charge on any atom is -0.475 e. The summed E-state index contributed by atoms with van der Waals surface area (Å²) >= 11 is 0. The first-order valence-electron chi connectivity index (χ1n) is 11.7. The van der Waals surface area contributed by atoms with Crippen LogP contribution in [0.5, 0.6) is 5.75 Å². The molecule has 5 rings (SSSR count). The van der Waals surface area contributed by atoms with Gasteiger partial charge >= 0.3 is 30.3 Å². The molecule has 0 spiro atoms. The van der Waals surface area contributed by atoms with Crippen molar-refractivity contribution in [1.29, 1.82) is 0 Å². The second-order valence-electron chi connectivity index (χ2n) is 8.92. The normalized spacial score (nSPS) is 19.1. The van der Waals surface area contributed by atoms with Crippen molar-refractivity contribution in [3.8, 4) is 17.2 Å². The van der Waals surface area contributed by atoms with Gasteiger partial charge < -0.3 is 24.9 Å². The van der Waals surface area contributed by atoms with Crippen LogP contribution in [-0.2, 0) is 11.3 Å². The number of alkyl halides is 6. The molecule has 12 nitrogen and oxygen atoms in total. The van der Waals surface area contributed by atoms with E-state index in [4.69, 9.17) is 14.3 Å². The van der Waals surface area contributed by atoms with Gasteiger partial charge in [0.05, 0.1) is 6.54 Å². The Hall–Kier alpha value is -4.22. The minimum atomic E-state index is -5.08. The molecule has 3 heterocycles. The van der Waals surface area contributed by atoms with Crippen LogP contribution in [0.4, 0.5) is 26.3 Å². The minimum absolute atomic E-state index is 0.0247. The number of hydrogen-bond acceptors (Lipinski definition) is 9. The zero-order valence-corrected chi connectivity index (χ0v) is 20.2. The third-order valence-corrected chi connectivity index (χ3v) is 5.80. The number of nitrogens with one attached hydrogen (secondary N) is 2. The maximum atomic E-state index is 12.6. The van der Waals surface area contributed by atoms with E-state index in [2.05, 4.69) is 35.7 Å². The second-order valence-corrected chi connectivity index (χ2v) is 8.92. The maximum absolute atomic E-state index is 12.6. The lowest BCUT2D eigenvalue weighted by Crippen LogP contribution is -2.36. The van der Waals surface area contributed by atoms with Crippen molar-refractivity contribution in [2.45, 2.75) is 56.3 Å². The Bertz CT molecular complexity index is 1320. The molecule has 216 valence electrons. The lowest BCUT2D eigenvalue weighted by Gasteiger charge is -2.12. The fraction of sp³-hybridized carbons (Fsp3) is 0.455. The Morgan fingerprint density at radius 1 is 1.18 bits per heavy atom. The van der Waals surface area contributed by atoms with E-state index >= 15 is 0 Å². The molecule has 3 N–H and O–H groups in total. The molecule has 1 amide bonds. The fourth-order valence-corrected chi connectivity index (χ4v) is 3.96. The SMILES string of the molecule is O=C(N[C@H]1CN[C@H](Cn2cncn2)C1)c1nnc(-c2cc(OC(F)(F)F)ccc2C2CC2)o1.O=C(O)C(F)(F)F. The molecule has 1 saturated heterocycles. The molecule has 40 heavy (non-hydrogen) atoms. The topological polar surface area (TPSA) is 157 Å². The summed E-state index contributed by atoms with van der Waals surface area (Å²) in [4.78, 5) is 25.4. The number of amides is 1. The van der Waals surface area contributed by atoms with Gasteiger partial charge in [0, 0.05) is 24.2 Å². The van der Waals surface area contributed by atoms with Crippen LogP contribution >= 0.6 is 0 Å². The van der Waals surface area contributed by atoms with E-state index in [9.17, 15) is 31.1 Å². The summed E-state index contributed by atoms with van der Waals surface area (Å²) in [6.45, 7) is 1.19. The highest BCUT2D eigenvalue weighted by atomic mass is 19.4. The summed E-state index contributed by atoms with van der Waals surface area (Å²) in [6.07, 6.45) is -4.31. The van der Waals surface area contributed by atoms with Crippen LogP contribution in [0.3, 0.4) is 0 Å². The molecule has 2 atom stereocenters. The van der Waals surface area contributed by atoms with Crippen LogP contribution in [0.25, 0.3) is 11.5 Å². The second kappa shape index (κ2) is 11.5. The summed E-state index contributed by atoms with van der Waals surface area (Å²) in [5.74, 6) is -3.76. The maximum Gasteiger partial charge on any atom is 0.573 e. The van der Waals surface area contributed by atoms with Gasteiger partial charge in [0.2, 0.25) is 5.89 Å². The van der Waals surface area contributed by atoms with E-state index in [1.807, 2.05) is 0 Å². The average molecular weight is 577 g/mol. The number of halogens is 6. The number of carboxylic acid groups (broad SMARTS) is 1. The molecule has 18 heteroatoms. The van der Waals surface area contributed by atoms with Gasteiger partial charge in [0.25, 0.3) is 0 Å². The number of rotatable bonds is 7. The van der Waals surface area contributed by atoms with E-state index in [0.717, 1.165) is 18.4 Å². The molecule has 0 bridgehead atoms. The van der Waals surface area contributed by atoms with E-state index < -0.39 is 24.4 Å². The summed E-state index contributed by atoms with van der Waals surface area (Å²) in [5.41, 5.74) is 1.12. The Kier molecular flexibility index (Phi) is 8.26. The molecule has 1 aromatic carbocycles. The van der Waals surface area contributed by atoms with Gasteiger partial charge in [-0.25, -0.2) is 9.78 Å². The molecule has 2 aliphatic rings. The van der Waals surface area contributed by atoms with Crippen molar-refractivity contribution in [2.24, 2.45) is 0 Å². The van der Waals surface area contributed by atoms with Gasteiger partial charge in [-0.2, -0.15) is 18.3 Å². The number of aromatic nitrogens is 5. The van der Waals surface area contributed by atoms with E-state index in [1.165, 1.54) is 18.5 Å². The van der Waals surface area contributed by atoms with Crippen LogP contribution in [0.2, 0.25) is 0 Å². The van der Waals surface area contributed by atoms with Gasteiger partial charge in [0.1, 0.15) is 18.4 Å². The Morgan fingerprint density at radius 2 is 1.90 bits per heavy atom. The van der Waals surface area contributed by atoms with E-state index in [-0.39, 0.29) is 35.5 Å². The van der Waals surface area contributed by atoms with Crippen LogP contribution in [0, 0.1) is 0 Å². The van der Waals surface area contributed by atoms with Gasteiger partial charge in [-0.15, -0.1) is 23.4 Å². The molecular formula is C22H21F6N7O5. The number of aliphatic carboxylic acids is 1. The highest BCUT2D eigenvalue weighted by molar-refractivity contribution is 5.90. The summed E-state index contributed by atoms with van der Waals surface area (Å²) in [5, 5.41) is 25.1. The molecular weight excluding hydrogens is 556 g/mol. The quantitative estimate of drug-likeness (QED) is 0.357. The van der Waals surface area contributed by atoms with Crippen LogP contribution in [0.1, 0.15) is 41.4 Å². The third-order valence-electron chi connectivity index (χ3n) is 5.80. The number of carbonyl (C=O) groups is 2. The number of ether oxygens (including phenoxy) is 1. The van der Waals surface area contributed by atoms with Crippen LogP contribution in [-0.4, -0.2) is 73.1 Å².